The fourth-order valence-electron chi connectivity index (χ4n) is 1.46. The average Bonchev–Trinajstić information content (AvgIpc) is 2.28. The molecule has 0 fully saturated rings. The van der Waals surface area contributed by atoms with Gasteiger partial charge in [0.05, 0.1) is 10.6 Å². The van der Waals surface area contributed by atoms with E-state index in [2.05, 4.69) is 21.2 Å². The molecule has 0 radical (unpaired) electrons. The smallest absolute Gasteiger partial charge is 0.253 e. The van der Waals surface area contributed by atoms with Gasteiger partial charge in [0.2, 0.25) is 5.91 Å². The van der Waals surface area contributed by atoms with E-state index >= 15 is 0 Å². The normalized spacial score (nSPS) is 12.3. The Labute approximate surface area is 119 Å². The highest BCUT2D eigenvalue weighted by Gasteiger charge is 2.23. The van der Waals surface area contributed by atoms with E-state index in [1.165, 1.54) is 0 Å². The number of carbonyl (C=O) groups is 2. The Kier molecular flexibility index (Phi) is 5.16. The topological polar surface area (TPSA) is 72.2 Å². The molecular formula is C12H14BrClN2O2. The van der Waals surface area contributed by atoms with Crippen LogP contribution in [0.4, 0.5) is 0 Å². The minimum absolute atomic E-state index is 0.0858. The first kappa shape index (κ1) is 15.0. The third kappa shape index (κ3) is 3.46. The summed E-state index contributed by atoms with van der Waals surface area (Å²) in [5, 5.41) is 2.89. The van der Waals surface area contributed by atoms with Gasteiger partial charge in [-0.2, -0.15) is 0 Å². The standard InChI is InChI=1S/C12H14BrClN2O2/c1-6(2)10(11(15)17)16-12(18)7-4-3-5-8(13)9(7)14/h3-6,10H,1-2H3,(H2,15,17)(H,16,18). The van der Waals surface area contributed by atoms with E-state index in [0.29, 0.717) is 15.1 Å². The van der Waals surface area contributed by atoms with Crippen molar-refractivity contribution in [2.45, 2.75) is 19.9 Å². The number of nitrogens with two attached hydrogens (primary N) is 1. The van der Waals surface area contributed by atoms with Gasteiger partial charge in [0.25, 0.3) is 5.91 Å². The molecule has 0 heterocycles. The van der Waals surface area contributed by atoms with Crippen LogP contribution in [-0.2, 0) is 4.79 Å². The van der Waals surface area contributed by atoms with Gasteiger partial charge in [-0.3, -0.25) is 9.59 Å². The second kappa shape index (κ2) is 6.20. The minimum Gasteiger partial charge on any atom is -0.368 e. The number of hydrogen-bond donors (Lipinski definition) is 2. The van der Waals surface area contributed by atoms with E-state index in [0.717, 1.165) is 0 Å². The molecule has 1 rings (SSSR count). The summed E-state index contributed by atoms with van der Waals surface area (Å²) in [5.41, 5.74) is 5.54. The fourth-order valence-corrected chi connectivity index (χ4v) is 2.04. The van der Waals surface area contributed by atoms with E-state index < -0.39 is 17.9 Å². The van der Waals surface area contributed by atoms with Gasteiger partial charge in [-0.05, 0) is 34.0 Å². The molecule has 3 N–H and O–H groups in total. The molecule has 0 aliphatic carbocycles. The predicted molar refractivity (Wildman–Crippen MR) is 74.4 cm³/mol. The van der Waals surface area contributed by atoms with Crippen LogP contribution in [0, 0.1) is 5.92 Å². The highest BCUT2D eigenvalue weighted by atomic mass is 79.9. The van der Waals surface area contributed by atoms with Crippen LogP contribution in [0.3, 0.4) is 0 Å². The third-order valence-electron chi connectivity index (χ3n) is 2.46. The van der Waals surface area contributed by atoms with Gasteiger partial charge in [0.15, 0.2) is 0 Å². The van der Waals surface area contributed by atoms with E-state index in [1.807, 2.05) is 0 Å². The van der Waals surface area contributed by atoms with Crippen molar-refractivity contribution in [3.8, 4) is 0 Å². The fraction of sp³-hybridized carbons (Fsp3) is 0.333. The molecule has 1 aromatic carbocycles. The van der Waals surface area contributed by atoms with Gasteiger partial charge in [0, 0.05) is 4.47 Å². The maximum atomic E-state index is 12.0. The second-order valence-corrected chi connectivity index (χ2v) is 5.43. The number of hydrogen-bond acceptors (Lipinski definition) is 2. The quantitative estimate of drug-likeness (QED) is 0.887. The second-order valence-electron chi connectivity index (χ2n) is 4.20. The molecule has 6 heteroatoms. The number of rotatable bonds is 4. The SMILES string of the molecule is CC(C)C(NC(=O)c1cccc(Br)c1Cl)C(N)=O. The van der Waals surface area contributed by atoms with E-state index in [1.54, 1.807) is 32.0 Å². The minimum atomic E-state index is -0.715. The number of benzene rings is 1. The molecule has 98 valence electrons. The Morgan fingerprint density at radius 3 is 2.50 bits per heavy atom. The van der Waals surface area contributed by atoms with Crippen molar-refractivity contribution in [2.24, 2.45) is 11.7 Å². The molecule has 0 bridgehead atoms. The zero-order chi connectivity index (χ0) is 13.9. The highest BCUT2D eigenvalue weighted by molar-refractivity contribution is 9.10. The van der Waals surface area contributed by atoms with Crippen molar-refractivity contribution in [1.29, 1.82) is 0 Å². The van der Waals surface area contributed by atoms with Gasteiger partial charge in [-0.25, -0.2) is 0 Å². The molecule has 0 spiro atoms. The first-order valence-electron chi connectivity index (χ1n) is 5.38. The van der Waals surface area contributed by atoms with Gasteiger partial charge < -0.3 is 11.1 Å². The first-order chi connectivity index (χ1) is 8.34. The molecule has 0 saturated carbocycles. The van der Waals surface area contributed by atoms with Crippen LogP contribution in [0.5, 0.6) is 0 Å². The predicted octanol–water partition coefficient (Wildman–Crippen LogP) is 2.34. The van der Waals surface area contributed by atoms with E-state index in [4.69, 9.17) is 17.3 Å². The number of nitrogens with one attached hydrogen (secondary N) is 1. The van der Waals surface area contributed by atoms with Crippen LogP contribution >= 0.6 is 27.5 Å². The summed E-state index contributed by atoms with van der Waals surface area (Å²) in [4.78, 5) is 23.2. The highest BCUT2D eigenvalue weighted by Crippen LogP contribution is 2.26. The largest absolute Gasteiger partial charge is 0.368 e. The monoisotopic (exact) mass is 332 g/mol. The molecule has 2 amide bonds. The molecule has 1 aromatic rings. The maximum absolute atomic E-state index is 12.0. The van der Waals surface area contributed by atoms with E-state index in [-0.39, 0.29) is 5.92 Å². The third-order valence-corrected chi connectivity index (χ3v) is 3.75. The number of primary amides is 1. The number of halogens is 2. The summed E-state index contributed by atoms with van der Waals surface area (Å²) in [6.45, 7) is 3.61. The van der Waals surface area contributed by atoms with Crippen molar-refractivity contribution >= 4 is 39.3 Å². The summed E-state index contributed by atoms with van der Waals surface area (Å²) in [6.07, 6.45) is 0. The Morgan fingerprint density at radius 1 is 1.39 bits per heavy atom. The van der Waals surface area contributed by atoms with Crippen LogP contribution in [0.25, 0.3) is 0 Å². The van der Waals surface area contributed by atoms with Crippen molar-refractivity contribution in [1.82, 2.24) is 5.32 Å². The number of carbonyl (C=O) groups excluding carboxylic acids is 2. The summed E-state index contributed by atoms with van der Waals surface area (Å²) in [5.74, 6) is -1.07. The zero-order valence-corrected chi connectivity index (χ0v) is 12.4. The van der Waals surface area contributed by atoms with Gasteiger partial charge >= 0.3 is 0 Å². The van der Waals surface area contributed by atoms with Crippen molar-refractivity contribution < 1.29 is 9.59 Å². The molecule has 1 atom stereocenters. The summed E-state index contributed by atoms with van der Waals surface area (Å²) >= 11 is 9.24. The first-order valence-corrected chi connectivity index (χ1v) is 6.56. The van der Waals surface area contributed by atoms with Crippen LogP contribution < -0.4 is 11.1 Å². The lowest BCUT2D eigenvalue weighted by Crippen LogP contribution is -2.47. The van der Waals surface area contributed by atoms with Gasteiger partial charge in [0.1, 0.15) is 6.04 Å². The Morgan fingerprint density at radius 2 is 2.00 bits per heavy atom. The number of amides is 2. The van der Waals surface area contributed by atoms with Crippen molar-refractivity contribution in [2.75, 3.05) is 0 Å². The van der Waals surface area contributed by atoms with Crippen molar-refractivity contribution in [3.63, 3.8) is 0 Å². The summed E-state index contributed by atoms with van der Waals surface area (Å²) in [7, 11) is 0. The lowest BCUT2D eigenvalue weighted by molar-refractivity contribution is -0.120. The molecule has 0 aromatic heterocycles. The Hall–Kier alpha value is -1.07. The van der Waals surface area contributed by atoms with Crippen LogP contribution in [0.15, 0.2) is 22.7 Å². The molecule has 0 aliphatic heterocycles. The lowest BCUT2D eigenvalue weighted by Gasteiger charge is -2.19. The molecule has 1 unspecified atom stereocenters. The zero-order valence-electron chi connectivity index (χ0n) is 10.0. The van der Waals surface area contributed by atoms with Crippen LogP contribution in [-0.4, -0.2) is 17.9 Å². The maximum Gasteiger partial charge on any atom is 0.253 e. The Bertz CT molecular complexity index is 477. The van der Waals surface area contributed by atoms with Gasteiger partial charge in [-0.15, -0.1) is 0 Å². The van der Waals surface area contributed by atoms with Crippen molar-refractivity contribution in [3.05, 3.63) is 33.3 Å². The molecule has 0 saturated heterocycles. The average molecular weight is 334 g/mol. The van der Waals surface area contributed by atoms with Crippen LogP contribution in [0.2, 0.25) is 5.02 Å². The van der Waals surface area contributed by atoms with E-state index in [9.17, 15) is 9.59 Å². The molecular weight excluding hydrogens is 320 g/mol. The van der Waals surface area contributed by atoms with Gasteiger partial charge in [-0.1, -0.05) is 31.5 Å². The summed E-state index contributed by atoms with van der Waals surface area (Å²) < 4.78 is 0.622. The Balaban J connectivity index is 2.94. The lowest BCUT2D eigenvalue weighted by atomic mass is 10.0. The summed E-state index contributed by atoms with van der Waals surface area (Å²) in [6, 6.07) is 4.29. The molecule has 0 aliphatic rings. The molecule has 4 nitrogen and oxygen atoms in total. The molecule has 18 heavy (non-hydrogen) atoms. The van der Waals surface area contributed by atoms with Crippen LogP contribution in [0.1, 0.15) is 24.2 Å².